The van der Waals surface area contributed by atoms with Gasteiger partial charge in [-0.15, -0.1) is 0 Å². The fourth-order valence-electron chi connectivity index (χ4n) is 13.1. The normalized spacial score (nSPS) is 16.6. The number of hydrogen-bond donors (Lipinski definition) is 9. The molecule has 0 rings (SSSR count). The first-order valence-corrected chi connectivity index (χ1v) is 49.5. The Bertz CT molecular complexity index is 1390. The van der Waals surface area contributed by atoms with Crippen molar-refractivity contribution < 1.29 is 65.0 Å². The lowest BCUT2D eigenvalue weighted by atomic mass is 10.5. The third kappa shape index (κ3) is 38.9. The molecule has 0 atom stereocenters. The van der Waals surface area contributed by atoms with Crippen molar-refractivity contribution in [3.63, 3.8) is 0 Å². The van der Waals surface area contributed by atoms with E-state index in [0.29, 0.717) is 113 Å². The van der Waals surface area contributed by atoms with Gasteiger partial charge in [-0.1, -0.05) is 279 Å². The molecule has 0 aliphatic rings. The van der Waals surface area contributed by atoms with Gasteiger partial charge in [0.1, 0.15) is 0 Å². The van der Waals surface area contributed by atoms with Crippen molar-refractivity contribution in [3.8, 4) is 0 Å². The fourth-order valence-corrected chi connectivity index (χ4v) is 41.4. The van der Waals surface area contributed by atoms with E-state index in [-0.39, 0.29) is 18.1 Å². The van der Waals surface area contributed by atoms with E-state index in [4.69, 9.17) is 34.7 Å². The van der Waals surface area contributed by atoms with Gasteiger partial charge in [0.2, 0.25) is 0 Å². The first-order valence-electron chi connectivity index (χ1n) is 39.6. The Kier molecular flexibility index (Phi) is 29.6. The monoisotopic (exact) mass is 1230 g/mol. The molecule has 0 saturated heterocycles. The van der Waals surface area contributed by atoms with Crippen molar-refractivity contribution in [3.05, 3.63) is 0 Å². The molecule has 0 spiro atoms. The average molecular weight is 1230 g/mol. The summed E-state index contributed by atoms with van der Waals surface area (Å²) in [6.07, 6.45) is 15.7. The summed E-state index contributed by atoms with van der Waals surface area (Å²) in [6.45, 7) is 11.1. The summed E-state index contributed by atoms with van der Waals surface area (Å²) in [5.41, 5.74) is 0. The van der Waals surface area contributed by atoms with Crippen molar-refractivity contribution >= 4 is 66.8 Å². The summed E-state index contributed by atoms with van der Waals surface area (Å²) < 4.78 is 148. The molecule has 0 aromatic rings. The van der Waals surface area contributed by atoms with Gasteiger partial charge in [-0.05, 0) is 26.7 Å². The van der Waals surface area contributed by atoms with Crippen LogP contribution in [0.1, 0.15) is 197 Å². The molecule has 74 heavy (non-hydrogen) atoms. The summed E-state index contributed by atoms with van der Waals surface area (Å²) in [6, 6.07) is 22.9. The Morgan fingerprint density at radius 2 is 0.432 bits per heavy atom. The summed E-state index contributed by atoms with van der Waals surface area (Å²) in [5, 5.41) is 0. The summed E-state index contributed by atoms with van der Waals surface area (Å²) in [5.74, 6) is 0. The highest BCUT2D eigenvalue weighted by molar-refractivity contribution is 6.83. The van der Waals surface area contributed by atoms with Gasteiger partial charge in [0.25, 0.3) is 0 Å². The van der Waals surface area contributed by atoms with E-state index in [1.165, 1.54) is 116 Å². The number of ether oxygens (including phenoxy) is 2. The van der Waals surface area contributed by atoms with E-state index in [9.17, 15) is 0 Å². The molecule has 11 nitrogen and oxygen atoms in total. The molecule has 0 aliphatic heterocycles. The van der Waals surface area contributed by atoms with Gasteiger partial charge < -0.3 is 52.7 Å². The third-order valence-electron chi connectivity index (χ3n) is 16.6. The van der Waals surface area contributed by atoms with Gasteiger partial charge in [-0.2, -0.15) is 0 Å². The van der Waals surface area contributed by atoms with Gasteiger partial charge in [-0.3, -0.25) is 0 Å². The molecule has 0 fully saturated rings. The third-order valence-corrected chi connectivity index (χ3v) is 47.8. The second-order valence-electron chi connectivity index (χ2n) is 22.7. The van der Waals surface area contributed by atoms with Gasteiger partial charge in [0.15, 0.2) is 12.9 Å². The minimum atomic E-state index is -3.78. The molecular formula is C55H130O11Si8. The highest BCUT2D eigenvalue weighted by Gasteiger charge is 2.40. The van der Waals surface area contributed by atoms with Crippen LogP contribution in [0.5, 0.6) is 0 Å². The standard InChI is InChI=1S/C41H92OSi4.C14H38O10Si4/c1-11-26-43(27-12-2,28-13-3)36-22-39-46(35-21-25-42-20-10,40-23-37-44(29-14-4,30-15-5)31-16-6)41-24-38-45(32-17-7,33-18-8)34-19-9;1-2-24-7-3-8-25(9-4-12-26(15,16)17,10-5-13-27(18,19)20)11-6-14-28(21,22)23/h11-41H2,1-10H3;15-23H,2-14H2,1H3/i1T,2T,3T,4T,5T,6T,7T,8T,9T;15T,16T,17T,18T,19T,20T,21T,22T,23T. The summed E-state index contributed by atoms with van der Waals surface area (Å²) >= 11 is 0. The van der Waals surface area contributed by atoms with E-state index in [1.807, 2.05) is 6.92 Å². The zero-order valence-electron chi connectivity index (χ0n) is 66.0. The Morgan fingerprint density at radius 1 is 0.257 bits per heavy atom. The molecule has 448 valence electrons. The average Bonchev–Trinajstić information content (AvgIpc) is 1.40. The van der Waals surface area contributed by atoms with Gasteiger partial charge in [0, 0.05) is 56.9 Å². The fraction of sp³-hybridized carbons (Fsp3) is 1.00. The van der Waals surface area contributed by atoms with E-state index < -0.39 is 66.8 Å². The molecule has 0 saturated carbocycles. The van der Waals surface area contributed by atoms with Crippen molar-refractivity contribution in [1.82, 2.24) is 0 Å². The molecule has 0 heterocycles. The maximum absolute atomic E-state index is 8.02. The molecule has 9 N–H and O–H groups in total. The van der Waals surface area contributed by atoms with E-state index in [2.05, 4.69) is 50.1 Å². The largest absolute Gasteiger partial charge is 0.492 e. The maximum Gasteiger partial charge on any atom is 0.492 e. The molecular weight excluding hydrogens is 1060 g/mol. The van der Waals surface area contributed by atoms with Crippen molar-refractivity contribution in [2.45, 2.75) is 324 Å². The Morgan fingerprint density at radius 3 is 0.608 bits per heavy atom. The van der Waals surface area contributed by atoms with Crippen LogP contribution < -0.4 is 0 Å². The van der Waals surface area contributed by atoms with Gasteiger partial charge in [0.05, 0.1) is 40.4 Å². The van der Waals surface area contributed by atoms with Gasteiger partial charge >= 0.3 is 26.4 Å². The van der Waals surface area contributed by atoms with Crippen LogP contribution in [-0.2, 0) is 9.47 Å². The minimum Gasteiger partial charge on any atom is -0.390 e. The van der Waals surface area contributed by atoms with E-state index in [1.54, 1.807) is 0 Å². The van der Waals surface area contributed by atoms with Crippen molar-refractivity contribution in [1.29, 1.82) is 12.9 Å². The zero-order valence-corrected chi connectivity index (χ0v) is 56.0. The molecule has 0 amide bonds. The first kappa shape index (κ1) is 49.9. The quantitative estimate of drug-likeness (QED) is 0.0207. The molecule has 0 unspecified atom stereocenters. The second-order valence-corrected chi connectivity index (χ2v) is 53.3. The number of hydrogen-bond acceptors (Lipinski definition) is 11. The first-order chi connectivity index (χ1) is 44.5. The molecule has 0 aliphatic carbocycles. The predicted molar refractivity (Wildman–Crippen MR) is 339 cm³/mol. The predicted octanol–water partition coefficient (Wildman–Crippen LogP) is 14.8. The lowest BCUT2D eigenvalue weighted by molar-refractivity contribution is 0.148. The Labute approximate surface area is 493 Å². The second kappa shape index (κ2) is 44.0. The highest BCUT2D eigenvalue weighted by Crippen LogP contribution is 2.42. The van der Waals surface area contributed by atoms with E-state index in [0.717, 1.165) is 89.9 Å². The summed E-state index contributed by atoms with van der Waals surface area (Å²) in [7, 11) is -20.4. The zero-order chi connectivity index (χ0) is 69.3. The smallest absolute Gasteiger partial charge is 0.390 e. The number of rotatable bonds is 61. The molecule has 0 radical (unpaired) electrons. The highest BCUT2D eigenvalue weighted by atomic mass is 28.4. The minimum absolute atomic E-state index is 0.0596. The van der Waals surface area contributed by atoms with Crippen LogP contribution in [-0.4, -0.2) is 149 Å². The lowest BCUT2D eigenvalue weighted by Crippen LogP contribution is -2.40. The van der Waals surface area contributed by atoms with Crippen LogP contribution in [0.3, 0.4) is 0 Å². The lowest BCUT2D eigenvalue weighted by Gasteiger charge is -2.39. The van der Waals surface area contributed by atoms with Crippen LogP contribution in [0.2, 0.25) is 139 Å². The molecule has 0 aromatic heterocycles. The Hall–Kier alpha value is 1.30. The Balaban J connectivity index is 0. The van der Waals surface area contributed by atoms with Gasteiger partial charge in [-0.25, -0.2) is 0 Å². The van der Waals surface area contributed by atoms with E-state index >= 15 is 0 Å². The van der Waals surface area contributed by atoms with Crippen LogP contribution in [0, 0.1) is 0 Å². The SMILES string of the molecule is [3H]CCC[Si](CCC[3H])(CCC[3H])CCC[Si](CCCOCC)(CCC[Si](CCC[3H])(CCC[3H])CCC[3H])CCC[Si](CCC[3H])(CCC[3H])CCC[3H].[3H]O[Si](CCC[Si](CCCOCC)(CCC[Si](O[3H])(O[3H])O[3H])CCC[Si](O[3H])(O[3H])O[3H])(O[3H])O[3H]. The van der Waals surface area contributed by atoms with Crippen LogP contribution in [0.4, 0.5) is 0 Å². The van der Waals surface area contributed by atoms with Crippen molar-refractivity contribution in [2.75, 3.05) is 26.4 Å². The summed E-state index contributed by atoms with van der Waals surface area (Å²) in [4.78, 5) is 40.1. The van der Waals surface area contributed by atoms with Crippen LogP contribution >= 0.6 is 0 Å². The molecule has 0 bridgehead atoms. The van der Waals surface area contributed by atoms with Crippen LogP contribution in [0.25, 0.3) is 0 Å². The molecule has 0 aromatic carbocycles. The maximum atomic E-state index is 8.02. The molecule has 19 heteroatoms. The van der Waals surface area contributed by atoms with Crippen LogP contribution in [0.15, 0.2) is 0 Å². The topological polar surface area (TPSA) is 201 Å². The van der Waals surface area contributed by atoms with Crippen molar-refractivity contribution in [2.24, 2.45) is 0 Å².